The van der Waals surface area contributed by atoms with Gasteiger partial charge in [0.15, 0.2) is 5.58 Å². The van der Waals surface area contributed by atoms with Crippen molar-refractivity contribution in [3.8, 4) is 11.5 Å². The maximum atomic E-state index is 13.8. The Kier molecular flexibility index (Phi) is 6.12. The van der Waals surface area contributed by atoms with E-state index < -0.39 is 28.7 Å². The normalized spacial score (nSPS) is 13.3. The largest absolute Gasteiger partial charge is 0.436 e. The van der Waals surface area contributed by atoms with Crippen molar-refractivity contribution in [2.24, 2.45) is 0 Å². The summed E-state index contributed by atoms with van der Waals surface area (Å²) in [6.07, 6.45) is 0.104. The fraction of sp³-hybridized carbons (Fsp3) is 0.0667. The number of oxazole rings is 1. The molecular weight excluding hydrogens is 512 g/mol. The molecule has 1 unspecified atom stereocenters. The van der Waals surface area contributed by atoms with Crippen molar-refractivity contribution in [3.05, 3.63) is 124 Å². The molecule has 196 valence electrons. The summed E-state index contributed by atoms with van der Waals surface area (Å²) in [5.74, 6) is -1.50. The van der Waals surface area contributed by atoms with Crippen LogP contribution in [0.4, 0.5) is 11.4 Å². The molecule has 0 bridgehead atoms. The van der Waals surface area contributed by atoms with Gasteiger partial charge < -0.3 is 9.73 Å². The Morgan fingerprint density at radius 2 is 1.50 bits per heavy atom. The molecule has 0 saturated heterocycles. The third kappa shape index (κ3) is 4.37. The average Bonchev–Trinajstić information content (AvgIpc) is 3.51. The predicted molar refractivity (Wildman–Crippen MR) is 146 cm³/mol. The number of imide groups is 1. The monoisotopic (exact) mass is 532 g/mol. The van der Waals surface area contributed by atoms with E-state index in [2.05, 4.69) is 10.3 Å². The molecular formula is C30H20N4O6. The number of hydrogen-bond acceptors (Lipinski definition) is 7. The van der Waals surface area contributed by atoms with Crippen LogP contribution in [0.2, 0.25) is 0 Å². The maximum Gasteiger partial charge on any atom is 0.273 e. The number of carbonyl (C=O) groups is 3. The van der Waals surface area contributed by atoms with Crippen LogP contribution in [0.3, 0.4) is 0 Å². The summed E-state index contributed by atoms with van der Waals surface area (Å²) in [6.45, 7) is 0. The highest BCUT2D eigenvalue weighted by molar-refractivity contribution is 6.23. The first kappa shape index (κ1) is 24.7. The lowest BCUT2D eigenvalue weighted by molar-refractivity contribution is -0.384. The van der Waals surface area contributed by atoms with Crippen LogP contribution in [-0.2, 0) is 11.2 Å². The Bertz CT molecular complexity index is 1780. The molecule has 0 aliphatic carbocycles. The fourth-order valence-corrected chi connectivity index (χ4v) is 4.77. The molecule has 0 radical (unpaired) electrons. The summed E-state index contributed by atoms with van der Waals surface area (Å²) < 4.78 is 5.81. The Morgan fingerprint density at radius 3 is 2.17 bits per heavy atom. The Balaban J connectivity index is 1.35. The van der Waals surface area contributed by atoms with Crippen LogP contribution in [0.25, 0.3) is 22.6 Å². The van der Waals surface area contributed by atoms with Gasteiger partial charge in [0.25, 0.3) is 17.5 Å². The summed E-state index contributed by atoms with van der Waals surface area (Å²) in [5, 5.41) is 14.0. The number of aromatic nitrogens is 1. The number of nitrogens with zero attached hydrogens (tertiary/aromatic N) is 3. The molecule has 0 fully saturated rings. The van der Waals surface area contributed by atoms with Gasteiger partial charge in [-0.25, -0.2) is 4.98 Å². The van der Waals surface area contributed by atoms with E-state index in [4.69, 9.17) is 4.42 Å². The van der Waals surface area contributed by atoms with Crippen molar-refractivity contribution in [1.29, 1.82) is 0 Å². The molecule has 1 aliphatic heterocycles. The van der Waals surface area contributed by atoms with Gasteiger partial charge in [0.2, 0.25) is 11.8 Å². The van der Waals surface area contributed by atoms with E-state index >= 15 is 0 Å². The molecule has 2 heterocycles. The second kappa shape index (κ2) is 9.91. The molecule has 6 rings (SSSR count). The molecule has 10 nitrogen and oxygen atoms in total. The van der Waals surface area contributed by atoms with E-state index in [1.54, 1.807) is 48.5 Å². The van der Waals surface area contributed by atoms with E-state index in [0.717, 1.165) is 10.5 Å². The average molecular weight is 533 g/mol. The van der Waals surface area contributed by atoms with Gasteiger partial charge in [0.1, 0.15) is 11.6 Å². The number of nitro groups is 1. The molecule has 1 aromatic heterocycles. The van der Waals surface area contributed by atoms with Crippen molar-refractivity contribution in [1.82, 2.24) is 9.88 Å². The number of carbonyl (C=O) groups excluding carboxylic acids is 3. The first-order valence-corrected chi connectivity index (χ1v) is 12.4. The van der Waals surface area contributed by atoms with Crippen LogP contribution < -0.4 is 5.32 Å². The molecule has 1 aliphatic rings. The van der Waals surface area contributed by atoms with Crippen LogP contribution in [-0.4, -0.2) is 38.6 Å². The second-order valence-corrected chi connectivity index (χ2v) is 9.19. The summed E-state index contributed by atoms with van der Waals surface area (Å²) in [6, 6.07) is 25.3. The van der Waals surface area contributed by atoms with Gasteiger partial charge in [0.05, 0.1) is 33.4 Å². The van der Waals surface area contributed by atoms with E-state index in [9.17, 15) is 24.5 Å². The molecule has 1 atom stereocenters. The molecule has 4 aromatic carbocycles. The Hall–Kier alpha value is -5.64. The minimum Gasteiger partial charge on any atom is -0.436 e. The number of amides is 3. The lowest BCUT2D eigenvalue weighted by Crippen LogP contribution is -2.48. The summed E-state index contributed by atoms with van der Waals surface area (Å²) in [4.78, 5) is 56.5. The maximum absolute atomic E-state index is 13.8. The number of rotatable bonds is 7. The number of para-hydroxylation sites is 1. The van der Waals surface area contributed by atoms with Gasteiger partial charge in [-0.1, -0.05) is 54.6 Å². The van der Waals surface area contributed by atoms with Gasteiger partial charge in [-0.2, -0.15) is 0 Å². The topological polar surface area (TPSA) is 136 Å². The molecule has 0 spiro atoms. The quantitative estimate of drug-likeness (QED) is 0.172. The van der Waals surface area contributed by atoms with Crippen molar-refractivity contribution >= 4 is 40.2 Å². The van der Waals surface area contributed by atoms with Gasteiger partial charge in [-0.15, -0.1) is 0 Å². The third-order valence-corrected chi connectivity index (χ3v) is 6.71. The van der Waals surface area contributed by atoms with Gasteiger partial charge >= 0.3 is 0 Å². The van der Waals surface area contributed by atoms with Crippen molar-refractivity contribution in [2.45, 2.75) is 12.5 Å². The summed E-state index contributed by atoms with van der Waals surface area (Å²) >= 11 is 0. The number of nitrogens with one attached hydrogen (secondary N) is 1. The van der Waals surface area contributed by atoms with Crippen LogP contribution in [0, 0.1) is 10.1 Å². The first-order chi connectivity index (χ1) is 19.4. The lowest BCUT2D eigenvalue weighted by atomic mass is 10.0. The zero-order valence-electron chi connectivity index (χ0n) is 20.8. The van der Waals surface area contributed by atoms with Crippen molar-refractivity contribution < 1.29 is 23.7 Å². The number of anilines is 1. The lowest BCUT2D eigenvalue weighted by Gasteiger charge is -2.26. The number of non-ortho nitro benzene ring substituents is 1. The molecule has 10 heteroatoms. The standard InChI is InChI=1S/C30H20N4O6/c35-27(25(16-18-8-2-1-3-9-18)33-29(36)20-10-4-5-11-21(20)30(33)37)31-23-13-7-6-12-22(23)28-32-24-15-14-19(34(38)39)17-26(24)40-28/h1-15,17,25H,16H2,(H,31,35). The minimum atomic E-state index is -1.14. The smallest absolute Gasteiger partial charge is 0.273 e. The zero-order valence-corrected chi connectivity index (χ0v) is 20.8. The first-order valence-electron chi connectivity index (χ1n) is 12.4. The Labute approximate surface area is 227 Å². The van der Waals surface area contributed by atoms with Gasteiger partial charge in [0, 0.05) is 12.5 Å². The van der Waals surface area contributed by atoms with Crippen LogP contribution in [0.15, 0.2) is 101 Å². The van der Waals surface area contributed by atoms with Crippen molar-refractivity contribution in [2.75, 3.05) is 5.32 Å². The molecule has 3 amide bonds. The predicted octanol–water partition coefficient (Wildman–Crippen LogP) is 5.25. The molecule has 40 heavy (non-hydrogen) atoms. The van der Waals surface area contributed by atoms with Crippen LogP contribution in [0.1, 0.15) is 26.3 Å². The number of fused-ring (bicyclic) bond motifs is 2. The second-order valence-electron chi connectivity index (χ2n) is 9.19. The highest BCUT2D eigenvalue weighted by atomic mass is 16.6. The van der Waals surface area contributed by atoms with E-state index in [1.807, 2.05) is 30.3 Å². The fourth-order valence-electron chi connectivity index (χ4n) is 4.77. The number of benzene rings is 4. The highest BCUT2D eigenvalue weighted by Crippen LogP contribution is 2.32. The Morgan fingerprint density at radius 1 is 0.875 bits per heavy atom. The summed E-state index contributed by atoms with van der Waals surface area (Å²) in [5.41, 5.74) is 2.53. The van der Waals surface area contributed by atoms with Crippen LogP contribution in [0.5, 0.6) is 0 Å². The minimum absolute atomic E-state index is 0.104. The van der Waals surface area contributed by atoms with E-state index in [0.29, 0.717) is 16.8 Å². The van der Waals surface area contributed by atoms with Gasteiger partial charge in [-0.05, 0) is 35.9 Å². The summed E-state index contributed by atoms with van der Waals surface area (Å²) in [7, 11) is 0. The van der Waals surface area contributed by atoms with E-state index in [-0.39, 0.29) is 34.7 Å². The molecule has 1 N–H and O–H groups in total. The van der Waals surface area contributed by atoms with Crippen LogP contribution >= 0.6 is 0 Å². The highest BCUT2D eigenvalue weighted by Gasteiger charge is 2.42. The van der Waals surface area contributed by atoms with Crippen molar-refractivity contribution in [3.63, 3.8) is 0 Å². The SMILES string of the molecule is O=C(Nc1ccccc1-c1nc2ccc([N+](=O)[O-])cc2o1)C(Cc1ccccc1)N1C(=O)c2ccccc2C1=O. The zero-order chi connectivity index (χ0) is 27.8. The molecule has 5 aromatic rings. The number of hydrogen-bond donors (Lipinski definition) is 1. The molecule has 0 saturated carbocycles. The van der Waals surface area contributed by atoms with E-state index in [1.165, 1.54) is 18.2 Å². The third-order valence-electron chi connectivity index (χ3n) is 6.71. The van der Waals surface area contributed by atoms with Gasteiger partial charge in [-0.3, -0.25) is 29.4 Å². The number of nitro benzene ring substituents is 1.